The third-order valence-corrected chi connectivity index (χ3v) is 5.07. The van der Waals surface area contributed by atoms with Gasteiger partial charge in [-0.1, -0.05) is 0 Å². The van der Waals surface area contributed by atoms with E-state index >= 15 is 0 Å². The molecule has 3 aromatic rings. The molecule has 0 aliphatic heterocycles. The molecular formula is C18H18N2O7S. The first-order valence-electron chi connectivity index (χ1n) is 7.91. The summed E-state index contributed by atoms with van der Waals surface area (Å²) in [6, 6.07) is 7.67. The number of nitrogens with two attached hydrogens (primary N) is 2. The van der Waals surface area contributed by atoms with Crippen molar-refractivity contribution >= 4 is 26.7 Å². The van der Waals surface area contributed by atoms with Crippen LogP contribution in [0.5, 0.6) is 17.2 Å². The Morgan fingerprint density at radius 2 is 1.57 bits per heavy atom. The zero-order valence-electron chi connectivity index (χ0n) is 15.3. The first-order valence-corrected chi connectivity index (χ1v) is 9.46. The number of fused-ring (bicyclic) bond motifs is 1. The van der Waals surface area contributed by atoms with E-state index in [4.69, 9.17) is 29.5 Å². The van der Waals surface area contributed by atoms with E-state index in [0.717, 1.165) is 0 Å². The highest BCUT2D eigenvalue weighted by Gasteiger charge is 2.29. The minimum atomic E-state index is -4.31. The number of ether oxygens (including phenoxy) is 3. The van der Waals surface area contributed by atoms with Gasteiger partial charge < -0.3 is 24.4 Å². The van der Waals surface area contributed by atoms with E-state index in [0.29, 0.717) is 11.3 Å². The highest BCUT2D eigenvalue weighted by molar-refractivity contribution is 7.89. The van der Waals surface area contributed by atoms with E-state index in [-0.39, 0.29) is 34.0 Å². The normalized spacial score (nSPS) is 11.4. The smallest absolute Gasteiger partial charge is 0.245 e. The Morgan fingerprint density at radius 1 is 0.964 bits per heavy atom. The summed E-state index contributed by atoms with van der Waals surface area (Å²) in [6.07, 6.45) is 0. The molecule has 0 unspecified atom stereocenters. The summed E-state index contributed by atoms with van der Waals surface area (Å²) in [7, 11) is -0.426. The van der Waals surface area contributed by atoms with Crippen molar-refractivity contribution < 1.29 is 27.0 Å². The molecule has 9 nitrogen and oxygen atoms in total. The monoisotopic (exact) mass is 406 g/mol. The topological polar surface area (TPSA) is 144 Å². The van der Waals surface area contributed by atoms with Gasteiger partial charge in [0, 0.05) is 17.3 Å². The van der Waals surface area contributed by atoms with Gasteiger partial charge in [0.25, 0.3) is 0 Å². The molecule has 2 aromatic carbocycles. The van der Waals surface area contributed by atoms with Crippen molar-refractivity contribution in [2.45, 2.75) is 4.90 Å². The van der Waals surface area contributed by atoms with Crippen LogP contribution in [-0.4, -0.2) is 29.7 Å². The summed E-state index contributed by atoms with van der Waals surface area (Å²) in [5, 5.41) is 5.23. The lowest BCUT2D eigenvalue weighted by molar-refractivity contribution is 0.381. The van der Waals surface area contributed by atoms with E-state index in [9.17, 15) is 13.2 Å². The molecule has 0 aliphatic rings. The minimum Gasteiger partial charge on any atom is -0.496 e. The van der Waals surface area contributed by atoms with Crippen LogP contribution in [0.4, 0.5) is 5.69 Å². The van der Waals surface area contributed by atoms with Crippen molar-refractivity contribution in [3.63, 3.8) is 0 Å². The second-order valence-electron chi connectivity index (χ2n) is 5.77. The molecule has 0 spiro atoms. The number of benzene rings is 2. The Morgan fingerprint density at radius 3 is 2.07 bits per heavy atom. The number of rotatable bonds is 5. The van der Waals surface area contributed by atoms with Crippen molar-refractivity contribution in [1.29, 1.82) is 0 Å². The molecule has 0 radical (unpaired) electrons. The molecule has 4 N–H and O–H groups in total. The van der Waals surface area contributed by atoms with E-state index in [1.54, 1.807) is 24.3 Å². The fraction of sp³-hybridized carbons (Fsp3) is 0.167. The van der Waals surface area contributed by atoms with Crippen LogP contribution in [0.1, 0.15) is 0 Å². The Balaban J connectivity index is 2.58. The third kappa shape index (κ3) is 3.12. The number of primary sulfonamides is 1. The highest BCUT2D eigenvalue weighted by Crippen LogP contribution is 2.40. The Labute approximate surface area is 160 Å². The van der Waals surface area contributed by atoms with E-state index in [1.165, 1.54) is 27.4 Å². The Hall–Kier alpha value is -3.24. The number of nitrogen functional groups attached to an aromatic ring is 1. The minimum absolute atomic E-state index is 0.0141. The van der Waals surface area contributed by atoms with Gasteiger partial charge in [0.15, 0.2) is 16.2 Å². The van der Waals surface area contributed by atoms with Crippen LogP contribution in [0.3, 0.4) is 0 Å². The zero-order chi connectivity index (χ0) is 20.6. The third-order valence-electron chi connectivity index (χ3n) is 4.11. The maximum Gasteiger partial charge on any atom is 0.245 e. The molecule has 28 heavy (non-hydrogen) atoms. The summed E-state index contributed by atoms with van der Waals surface area (Å²) in [5.74, 6) is -0.181. The van der Waals surface area contributed by atoms with Gasteiger partial charge in [0.1, 0.15) is 16.9 Å². The van der Waals surface area contributed by atoms with Gasteiger partial charge in [0.2, 0.25) is 21.2 Å². The summed E-state index contributed by atoms with van der Waals surface area (Å²) >= 11 is 0. The van der Waals surface area contributed by atoms with Crippen LogP contribution >= 0.6 is 0 Å². The predicted molar refractivity (Wildman–Crippen MR) is 103 cm³/mol. The molecule has 0 saturated carbocycles. The van der Waals surface area contributed by atoms with Crippen LogP contribution in [0.25, 0.3) is 22.3 Å². The molecule has 0 aliphatic carbocycles. The SMILES string of the molecule is COc1cc(OC)c2c(=O)c(OC)c(-c3ccc(N)cc3)oc2c1S(N)(=O)=O. The predicted octanol–water partition coefficient (Wildman–Crippen LogP) is 1.72. The summed E-state index contributed by atoms with van der Waals surface area (Å²) in [6.45, 7) is 0. The summed E-state index contributed by atoms with van der Waals surface area (Å²) < 4.78 is 45.9. The second kappa shape index (κ2) is 7.06. The second-order valence-corrected chi connectivity index (χ2v) is 7.27. The van der Waals surface area contributed by atoms with Crippen LogP contribution in [-0.2, 0) is 10.0 Å². The van der Waals surface area contributed by atoms with Gasteiger partial charge in [0.05, 0.1) is 21.3 Å². The van der Waals surface area contributed by atoms with E-state index in [1.807, 2.05) is 0 Å². The van der Waals surface area contributed by atoms with Gasteiger partial charge in [-0.05, 0) is 24.3 Å². The van der Waals surface area contributed by atoms with Crippen molar-refractivity contribution in [2.75, 3.05) is 27.1 Å². The van der Waals surface area contributed by atoms with Gasteiger partial charge in [-0.3, -0.25) is 4.79 Å². The van der Waals surface area contributed by atoms with Gasteiger partial charge in [-0.2, -0.15) is 0 Å². The lowest BCUT2D eigenvalue weighted by atomic mass is 10.1. The molecule has 1 aromatic heterocycles. The molecule has 10 heteroatoms. The maximum atomic E-state index is 13.1. The molecule has 3 rings (SSSR count). The number of anilines is 1. The van der Waals surface area contributed by atoms with E-state index < -0.39 is 20.3 Å². The van der Waals surface area contributed by atoms with Gasteiger partial charge in [-0.15, -0.1) is 0 Å². The molecular weight excluding hydrogens is 388 g/mol. The quantitative estimate of drug-likeness (QED) is 0.609. The Kier molecular flexibility index (Phi) is 4.92. The number of hydrogen-bond acceptors (Lipinski definition) is 8. The fourth-order valence-corrected chi connectivity index (χ4v) is 3.69. The molecule has 0 atom stereocenters. The van der Waals surface area contributed by atoms with Crippen molar-refractivity contribution in [3.8, 4) is 28.6 Å². The van der Waals surface area contributed by atoms with E-state index in [2.05, 4.69) is 0 Å². The molecule has 0 bridgehead atoms. The van der Waals surface area contributed by atoms with Crippen LogP contribution < -0.4 is 30.5 Å². The number of sulfonamides is 1. The van der Waals surface area contributed by atoms with Crippen molar-refractivity contribution in [1.82, 2.24) is 0 Å². The zero-order valence-corrected chi connectivity index (χ0v) is 16.1. The molecule has 0 fully saturated rings. The van der Waals surface area contributed by atoms with Crippen LogP contribution in [0.15, 0.2) is 44.4 Å². The Bertz CT molecular complexity index is 1220. The first kappa shape index (κ1) is 19.5. The van der Waals surface area contributed by atoms with Crippen LogP contribution in [0, 0.1) is 0 Å². The number of methoxy groups -OCH3 is 3. The van der Waals surface area contributed by atoms with Crippen molar-refractivity contribution in [2.24, 2.45) is 5.14 Å². The molecule has 0 saturated heterocycles. The van der Waals surface area contributed by atoms with Gasteiger partial charge >= 0.3 is 0 Å². The molecule has 148 valence electrons. The summed E-state index contributed by atoms with van der Waals surface area (Å²) in [5.41, 5.74) is 5.73. The maximum absolute atomic E-state index is 13.1. The van der Waals surface area contributed by atoms with Crippen molar-refractivity contribution in [3.05, 3.63) is 40.6 Å². The lowest BCUT2D eigenvalue weighted by Crippen LogP contribution is -2.17. The largest absolute Gasteiger partial charge is 0.496 e. The average molecular weight is 406 g/mol. The first-order chi connectivity index (χ1) is 13.2. The molecule has 1 heterocycles. The highest BCUT2D eigenvalue weighted by atomic mass is 32.2. The molecule has 0 amide bonds. The number of hydrogen-bond donors (Lipinski definition) is 2. The average Bonchev–Trinajstić information content (AvgIpc) is 2.66. The van der Waals surface area contributed by atoms with Gasteiger partial charge in [-0.25, -0.2) is 13.6 Å². The summed E-state index contributed by atoms with van der Waals surface area (Å²) in [4.78, 5) is 12.6. The van der Waals surface area contributed by atoms with Crippen LogP contribution in [0.2, 0.25) is 0 Å². The lowest BCUT2D eigenvalue weighted by Gasteiger charge is -2.15. The fourth-order valence-electron chi connectivity index (χ4n) is 2.86. The standard InChI is InChI=1S/C18H18N2O7S/c1-24-11-8-12(25-2)18(28(20,22)23)16-13(11)14(21)17(26-3)15(27-16)9-4-6-10(19)7-5-9/h4-8H,19H2,1-3H3,(H2,20,22,23).